The van der Waals surface area contributed by atoms with Gasteiger partial charge in [-0.3, -0.25) is 9.36 Å². The second-order valence-electron chi connectivity index (χ2n) is 5.98. The number of amides is 1. The number of thiazole rings is 2. The standard InChI is InChI=1S/C17H20N4OS2/c1-10-8-24-17(18-10)21-11(2)6-13(12(21)3)14-9-23-15(19-14)7-16(22)20(4)5/h6,8-9H,7H2,1-5H3. The number of carbonyl (C=O) groups is 1. The molecule has 0 aliphatic heterocycles. The molecule has 126 valence electrons. The third-order valence-corrected chi connectivity index (χ3v) is 5.65. The van der Waals surface area contributed by atoms with Crippen LogP contribution in [0, 0.1) is 20.8 Å². The number of likely N-dealkylation sites (N-methyl/N-ethyl adjacent to an activating group) is 1. The molecular weight excluding hydrogens is 340 g/mol. The van der Waals surface area contributed by atoms with Crippen LogP contribution in [0.3, 0.4) is 0 Å². The Hall–Kier alpha value is -1.99. The molecule has 3 aromatic heterocycles. The van der Waals surface area contributed by atoms with Crippen LogP contribution < -0.4 is 0 Å². The zero-order valence-corrected chi connectivity index (χ0v) is 16.1. The van der Waals surface area contributed by atoms with Gasteiger partial charge in [0.25, 0.3) is 0 Å². The number of hydrogen-bond acceptors (Lipinski definition) is 5. The lowest BCUT2D eigenvalue weighted by Gasteiger charge is -2.07. The van der Waals surface area contributed by atoms with E-state index in [-0.39, 0.29) is 5.91 Å². The van der Waals surface area contributed by atoms with Crippen molar-refractivity contribution in [3.05, 3.63) is 38.9 Å². The quantitative estimate of drug-likeness (QED) is 0.714. The van der Waals surface area contributed by atoms with Crippen LogP contribution >= 0.6 is 22.7 Å². The van der Waals surface area contributed by atoms with Crippen molar-refractivity contribution in [1.29, 1.82) is 0 Å². The Bertz CT molecular complexity index is 888. The predicted octanol–water partition coefficient (Wildman–Crippen LogP) is 3.61. The Labute approximate surface area is 149 Å². The molecule has 0 aliphatic rings. The van der Waals surface area contributed by atoms with E-state index in [1.807, 2.05) is 12.3 Å². The van der Waals surface area contributed by atoms with Crippen LogP contribution in [0.5, 0.6) is 0 Å². The number of carbonyl (C=O) groups excluding carboxylic acids is 1. The Morgan fingerprint density at radius 1 is 1.17 bits per heavy atom. The van der Waals surface area contributed by atoms with Gasteiger partial charge in [0.1, 0.15) is 5.01 Å². The molecule has 0 spiro atoms. The van der Waals surface area contributed by atoms with Gasteiger partial charge in [0.05, 0.1) is 17.8 Å². The molecule has 5 nitrogen and oxygen atoms in total. The highest BCUT2D eigenvalue weighted by atomic mass is 32.1. The molecule has 3 aromatic rings. The summed E-state index contributed by atoms with van der Waals surface area (Å²) in [5, 5.41) is 5.91. The van der Waals surface area contributed by atoms with Crippen molar-refractivity contribution in [3.8, 4) is 16.4 Å². The first-order valence-corrected chi connectivity index (χ1v) is 9.39. The smallest absolute Gasteiger partial charge is 0.228 e. The van der Waals surface area contributed by atoms with Crippen molar-refractivity contribution in [1.82, 2.24) is 19.4 Å². The highest BCUT2D eigenvalue weighted by Crippen LogP contribution is 2.31. The highest BCUT2D eigenvalue weighted by Gasteiger charge is 2.17. The summed E-state index contributed by atoms with van der Waals surface area (Å²) in [5.41, 5.74) is 5.31. The van der Waals surface area contributed by atoms with Crippen LogP contribution in [0.15, 0.2) is 16.8 Å². The highest BCUT2D eigenvalue weighted by molar-refractivity contribution is 7.12. The lowest BCUT2D eigenvalue weighted by Crippen LogP contribution is -2.23. The number of aromatic nitrogens is 3. The fourth-order valence-electron chi connectivity index (χ4n) is 2.56. The van der Waals surface area contributed by atoms with Crippen molar-refractivity contribution in [2.75, 3.05) is 14.1 Å². The lowest BCUT2D eigenvalue weighted by molar-refractivity contribution is -0.127. The van der Waals surface area contributed by atoms with Gasteiger partial charge in [-0.2, -0.15) is 0 Å². The van der Waals surface area contributed by atoms with Crippen molar-refractivity contribution in [2.24, 2.45) is 0 Å². The fourth-order valence-corrected chi connectivity index (χ4v) is 4.26. The molecule has 0 saturated carbocycles. The molecular formula is C17H20N4OS2. The minimum Gasteiger partial charge on any atom is -0.348 e. The third-order valence-electron chi connectivity index (χ3n) is 3.86. The Morgan fingerprint density at radius 3 is 2.54 bits per heavy atom. The number of aryl methyl sites for hydroxylation is 2. The normalized spacial score (nSPS) is 11.0. The van der Waals surface area contributed by atoms with E-state index in [1.54, 1.807) is 30.3 Å². The summed E-state index contributed by atoms with van der Waals surface area (Å²) in [5.74, 6) is 0.0691. The second kappa shape index (κ2) is 6.49. The molecule has 24 heavy (non-hydrogen) atoms. The summed E-state index contributed by atoms with van der Waals surface area (Å²) in [6.45, 7) is 6.17. The molecule has 0 saturated heterocycles. The Morgan fingerprint density at radius 2 is 1.92 bits per heavy atom. The van der Waals surface area contributed by atoms with Gasteiger partial charge >= 0.3 is 0 Å². The summed E-state index contributed by atoms with van der Waals surface area (Å²) >= 11 is 3.17. The van der Waals surface area contributed by atoms with Crippen LogP contribution in [-0.2, 0) is 11.2 Å². The van der Waals surface area contributed by atoms with Gasteiger partial charge in [0.15, 0.2) is 5.13 Å². The van der Waals surface area contributed by atoms with Crippen LogP contribution in [0.4, 0.5) is 0 Å². The second-order valence-corrected chi connectivity index (χ2v) is 7.76. The first-order valence-electron chi connectivity index (χ1n) is 7.63. The van der Waals surface area contributed by atoms with E-state index < -0.39 is 0 Å². The minimum atomic E-state index is 0.0691. The molecule has 0 bridgehead atoms. The van der Waals surface area contributed by atoms with E-state index in [4.69, 9.17) is 0 Å². The largest absolute Gasteiger partial charge is 0.348 e. The molecule has 0 aromatic carbocycles. The van der Waals surface area contributed by atoms with E-state index in [2.05, 4.69) is 39.8 Å². The van der Waals surface area contributed by atoms with E-state index >= 15 is 0 Å². The van der Waals surface area contributed by atoms with Crippen LogP contribution in [0.1, 0.15) is 22.1 Å². The van der Waals surface area contributed by atoms with Gasteiger partial charge in [0, 0.05) is 41.8 Å². The molecule has 3 heterocycles. The molecule has 0 unspecified atom stereocenters. The van der Waals surface area contributed by atoms with Crippen molar-refractivity contribution in [3.63, 3.8) is 0 Å². The molecule has 0 N–H and O–H groups in total. The molecule has 0 atom stereocenters. The summed E-state index contributed by atoms with van der Waals surface area (Å²) < 4.78 is 2.16. The SMILES string of the molecule is Cc1csc(-n2c(C)cc(-c3csc(CC(=O)N(C)C)n3)c2C)n1. The third kappa shape index (κ3) is 3.14. The van der Waals surface area contributed by atoms with Crippen molar-refractivity contribution in [2.45, 2.75) is 27.2 Å². The summed E-state index contributed by atoms with van der Waals surface area (Å²) in [7, 11) is 3.53. The van der Waals surface area contributed by atoms with Gasteiger partial charge in [0.2, 0.25) is 5.91 Å². The van der Waals surface area contributed by atoms with E-state index in [0.717, 1.165) is 38.5 Å². The van der Waals surface area contributed by atoms with Gasteiger partial charge < -0.3 is 4.90 Å². The summed E-state index contributed by atoms with van der Waals surface area (Å²) in [6.07, 6.45) is 0.349. The van der Waals surface area contributed by atoms with Gasteiger partial charge in [-0.25, -0.2) is 9.97 Å². The van der Waals surface area contributed by atoms with E-state index in [0.29, 0.717) is 6.42 Å². The topological polar surface area (TPSA) is 51.0 Å². The number of rotatable bonds is 4. The minimum absolute atomic E-state index is 0.0691. The van der Waals surface area contributed by atoms with Gasteiger partial charge in [-0.1, -0.05) is 0 Å². The maximum Gasteiger partial charge on any atom is 0.228 e. The van der Waals surface area contributed by atoms with Gasteiger partial charge in [-0.15, -0.1) is 22.7 Å². The molecule has 0 aliphatic carbocycles. The first kappa shape index (κ1) is 16.9. The number of nitrogens with zero attached hydrogens (tertiary/aromatic N) is 4. The van der Waals surface area contributed by atoms with Crippen LogP contribution in [0.2, 0.25) is 0 Å². The maximum atomic E-state index is 11.9. The zero-order chi connectivity index (χ0) is 17.4. The van der Waals surface area contributed by atoms with Crippen molar-refractivity contribution >= 4 is 28.6 Å². The predicted molar refractivity (Wildman–Crippen MR) is 99.2 cm³/mol. The lowest BCUT2D eigenvalue weighted by atomic mass is 10.2. The average Bonchev–Trinajstić information content (AvgIpc) is 3.19. The first-order chi connectivity index (χ1) is 11.4. The molecule has 1 amide bonds. The monoisotopic (exact) mass is 360 g/mol. The maximum absolute atomic E-state index is 11.9. The summed E-state index contributed by atoms with van der Waals surface area (Å²) in [6, 6.07) is 2.14. The number of hydrogen-bond donors (Lipinski definition) is 0. The average molecular weight is 361 g/mol. The Balaban J connectivity index is 1.94. The molecule has 7 heteroatoms. The molecule has 0 radical (unpaired) electrons. The molecule has 0 fully saturated rings. The van der Waals surface area contributed by atoms with Gasteiger partial charge in [-0.05, 0) is 26.8 Å². The van der Waals surface area contributed by atoms with E-state index in [1.165, 1.54) is 11.3 Å². The fraction of sp³-hybridized carbons (Fsp3) is 0.353. The zero-order valence-electron chi connectivity index (χ0n) is 14.5. The molecule has 3 rings (SSSR count). The van der Waals surface area contributed by atoms with Crippen LogP contribution in [0.25, 0.3) is 16.4 Å². The van der Waals surface area contributed by atoms with Crippen molar-refractivity contribution < 1.29 is 4.79 Å². The Kier molecular flexibility index (Phi) is 4.56. The van der Waals surface area contributed by atoms with Crippen LogP contribution in [-0.4, -0.2) is 39.4 Å². The van der Waals surface area contributed by atoms with E-state index in [9.17, 15) is 4.79 Å². The summed E-state index contributed by atoms with van der Waals surface area (Å²) in [4.78, 5) is 22.7.